The fourth-order valence-corrected chi connectivity index (χ4v) is 1.74. The summed E-state index contributed by atoms with van der Waals surface area (Å²) in [6, 6.07) is 6.97. The third-order valence-electron chi connectivity index (χ3n) is 2.74. The van der Waals surface area contributed by atoms with Gasteiger partial charge in [-0.15, -0.1) is 0 Å². The number of nitrogens with zero attached hydrogens (tertiary/aromatic N) is 2. The van der Waals surface area contributed by atoms with Crippen LogP contribution in [0.15, 0.2) is 30.5 Å². The van der Waals surface area contributed by atoms with Crippen molar-refractivity contribution in [3.05, 3.63) is 47.7 Å². The number of hydrogen-bond acceptors (Lipinski definition) is 2. The minimum atomic E-state index is -0.152. The molecule has 0 unspecified atom stereocenters. The Kier molecular flexibility index (Phi) is 3.47. The van der Waals surface area contributed by atoms with Crippen molar-refractivity contribution >= 4 is 0 Å². The number of aryl methyl sites for hydroxylation is 2. The molecule has 3 heteroatoms. The summed E-state index contributed by atoms with van der Waals surface area (Å²) in [6.07, 6.45) is 3.23. The van der Waals surface area contributed by atoms with Crippen LogP contribution in [-0.4, -0.2) is 9.97 Å². The first-order valence-electron chi connectivity index (χ1n) is 5.85. The van der Waals surface area contributed by atoms with Crippen LogP contribution < -0.4 is 0 Å². The van der Waals surface area contributed by atoms with Crippen LogP contribution >= 0.6 is 0 Å². The van der Waals surface area contributed by atoms with E-state index in [0.29, 0.717) is 6.42 Å². The molecule has 0 spiro atoms. The fraction of sp³-hybridized carbons (Fsp3) is 0.286. The highest BCUT2D eigenvalue weighted by Crippen LogP contribution is 2.20. The maximum absolute atomic E-state index is 13.4. The van der Waals surface area contributed by atoms with Crippen molar-refractivity contribution < 1.29 is 4.39 Å². The SMILES string of the molecule is CCc1nccc(-c2ccc(F)c(CC)c2)n1. The molecule has 0 aliphatic heterocycles. The molecule has 2 rings (SSSR count). The maximum atomic E-state index is 13.4. The lowest BCUT2D eigenvalue weighted by atomic mass is 10.1. The summed E-state index contributed by atoms with van der Waals surface area (Å²) in [6.45, 7) is 3.96. The fourth-order valence-electron chi connectivity index (χ4n) is 1.74. The van der Waals surface area contributed by atoms with E-state index in [1.807, 2.05) is 26.0 Å². The van der Waals surface area contributed by atoms with Gasteiger partial charge in [0, 0.05) is 18.2 Å². The van der Waals surface area contributed by atoms with Crippen LogP contribution in [0.4, 0.5) is 4.39 Å². The molecule has 2 nitrogen and oxygen atoms in total. The van der Waals surface area contributed by atoms with Gasteiger partial charge in [-0.05, 0) is 36.2 Å². The molecule has 0 saturated heterocycles. The first-order chi connectivity index (χ1) is 8.24. The van der Waals surface area contributed by atoms with Gasteiger partial charge >= 0.3 is 0 Å². The Morgan fingerprint density at radius 1 is 1.12 bits per heavy atom. The molecular weight excluding hydrogens is 215 g/mol. The van der Waals surface area contributed by atoms with Crippen molar-refractivity contribution in [3.8, 4) is 11.3 Å². The molecule has 0 bridgehead atoms. The first kappa shape index (κ1) is 11.7. The van der Waals surface area contributed by atoms with Crippen LogP contribution in [0.2, 0.25) is 0 Å². The zero-order chi connectivity index (χ0) is 12.3. The molecule has 1 heterocycles. The number of aromatic nitrogens is 2. The lowest BCUT2D eigenvalue weighted by Gasteiger charge is -2.05. The van der Waals surface area contributed by atoms with Crippen LogP contribution in [0.1, 0.15) is 25.2 Å². The van der Waals surface area contributed by atoms with Crippen molar-refractivity contribution in [1.29, 1.82) is 0 Å². The Hall–Kier alpha value is -1.77. The van der Waals surface area contributed by atoms with Crippen LogP contribution in [0.5, 0.6) is 0 Å². The number of rotatable bonds is 3. The van der Waals surface area contributed by atoms with E-state index < -0.39 is 0 Å². The quantitative estimate of drug-likeness (QED) is 0.807. The molecule has 0 fully saturated rings. The van der Waals surface area contributed by atoms with Crippen molar-refractivity contribution in [2.75, 3.05) is 0 Å². The highest BCUT2D eigenvalue weighted by molar-refractivity contribution is 5.59. The smallest absolute Gasteiger partial charge is 0.128 e. The predicted octanol–water partition coefficient (Wildman–Crippen LogP) is 3.41. The Morgan fingerprint density at radius 2 is 1.94 bits per heavy atom. The highest BCUT2D eigenvalue weighted by atomic mass is 19.1. The Bertz CT molecular complexity index is 523. The van der Waals surface area contributed by atoms with E-state index in [9.17, 15) is 4.39 Å². The Balaban J connectivity index is 2.45. The molecular formula is C14H15FN2. The highest BCUT2D eigenvalue weighted by Gasteiger charge is 2.05. The zero-order valence-corrected chi connectivity index (χ0v) is 10.1. The average Bonchev–Trinajstić information content (AvgIpc) is 2.39. The van der Waals surface area contributed by atoms with Crippen LogP contribution in [0.3, 0.4) is 0 Å². The third-order valence-corrected chi connectivity index (χ3v) is 2.74. The van der Waals surface area contributed by atoms with Crippen LogP contribution in [0.25, 0.3) is 11.3 Å². The summed E-state index contributed by atoms with van der Waals surface area (Å²) in [5.74, 6) is 0.658. The lowest BCUT2D eigenvalue weighted by Crippen LogP contribution is -1.95. The summed E-state index contributed by atoms with van der Waals surface area (Å²) >= 11 is 0. The van der Waals surface area contributed by atoms with E-state index in [0.717, 1.165) is 29.1 Å². The first-order valence-corrected chi connectivity index (χ1v) is 5.85. The van der Waals surface area contributed by atoms with E-state index in [1.54, 1.807) is 12.3 Å². The Labute approximate surface area is 101 Å². The summed E-state index contributed by atoms with van der Waals surface area (Å²) in [5.41, 5.74) is 2.52. The Morgan fingerprint density at radius 3 is 2.65 bits per heavy atom. The lowest BCUT2D eigenvalue weighted by molar-refractivity contribution is 0.612. The van der Waals surface area contributed by atoms with Crippen molar-refractivity contribution in [2.24, 2.45) is 0 Å². The molecule has 0 aliphatic carbocycles. The van der Waals surface area contributed by atoms with Gasteiger partial charge in [-0.2, -0.15) is 0 Å². The third kappa shape index (κ3) is 2.49. The van der Waals surface area contributed by atoms with E-state index in [1.165, 1.54) is 6.07 Å². The summed E-state index contributed by atoms with van der Waals surface area (Å²) in [7, 11) is 0. The van der Waals surface area contributed by atoms with Gasteiger partial charge in [0.2, 0.25) is 0 Å². The molecule has 17 heavy (non-hydrogen) atoms. The average molecular weight is 230 g/mol. The van der Waals surface area contributed by atoms with E-state index in [4.69, 9.17) is 0 Å². The molecule has 1 aromatic carbocycles. The molecule has 0 aliphatic rings. The van der Waals surface area contributed by atoms with Crippen molar-refractivity contribution in [2.45, 2.75) is 26.7 Å². The molecule has 88 valence electrons. The topological polar surface area (TPSA) is 25.8 Å². The summed E-state index contributed by atoms with van der Waals surface area (Å²) < 4.78 is 13.4. The second-order valence-electron chi connectivity index (χ2n) is 3.87. The van der Waals surface area contributed by atoms with Crippen LogP contribution in [0, 0.1) is 5.82 Å². The summed E-state index contributed by atoms with van der Waals surface area (Å²) in [5, 5.41) is 0. The number of benzene rings is 1. The molecule has 0 atom stereocenters. The second-order valence-corrected chi connectivity index (χ2v) is 3.87. The van der Waals surface area contributed by atoms with Gasteiger partial charge in [0.05, 0.1) is 5.69 Å². The van der Waals surface area contributed by atoms with Gasteiger partial charge in [-0.25, -0.2) is 14.4 Å². The van der Waals surface area contributed by atoms with E-state index in [2.05, 4.69) is 9.97 Å². The normalized spacial score (nSPS) is 10.5. The summed E-state index contributed by atoms with van der Waals surface area (Å²) in [4.78, 5) is 8.59. The van der Waals surface area contributed by atoms with Gasteiger partial charge in [-0.3, -0.25) is 0 Å². The van der Waals surface area contributed by atoms with E-state index >= 15 is 0 Å². The molecule has 0 N–H and O–H groups in total. The van der Waals surface area contributed by atoms with Crippen molar-refractivity contribution in [3.63, 3.8) is 0 Å². The van der Waals surface area contributed by atoms with Gasteiger partial charge in [0.1, 0.15) is 11.6 Å². The van der Waals surface area contributed by atoms with Gasteiger partial charge in [0.25, 0.3) is 0 Å². The predicted molar refractivity (Wildman–Crippen MR) is 66.2 cm³/mol. The van der Waals surface area contributed by atoms with Gasteiger partial charge in [-0.1, -0.05) is 13.8 Å². The van der Waals surface area contributed by atoms with Crippen molar-refractivity contribution in [1.82, 2.24) is 9.97 Å². The molecule has 1 aromatic heterocycles. The molecule has 0 amide bonds. The number of hydrogen-bond donors (Lipinski definition) is 0. The molecule has 2 aromatic rings. The minimum absolute atomic E-state index is 0.152. The van der Waals surface area contributed by atoms with Crippen LogP contribution in [-0.2, 0) is 12.8 Å². The molecule has 0 saturated carbocycles. The molecule has 0 radical (unpaired) electrons. The van der Waals surface area contributed by atoms with Gasteiger partial charge in [0.15, 0.2) is 0 Å². The number of halogens is 1. The van der Waals surface area contributed by atoms with E-state index in [-0.39, 0.29) is 5.82 Å². The zero-order valence-electron chi connectivity index (χ0n) is 10.1. The monoisotopic (exact) mass is 230 g/mol. The van der Waals surface area contributed by atoms with Gasteiger partial charge < -0.3 is 0 Å². The standard InChI is InChI=1S/C14H15FN2/c1-3-10-9-11(5-6-12(10)15)13-7-8-16-14(4-2)17-13/h5-9H,3-4H2,1-2H3. The largest absolute Gasteiger partial charge is 0.241 e. The minimum Gasteiger partial charge on any atom is -0.241 e. The maximum Gasteiger partial charge on any atom is 0.128 e. The second kappa shape index (κ2) is 5.04.